The Morgan fingerprint density at radius 2 is 2.14 bits per heavy atom. The van der Waals surface area contributed by atoms with E-state index in [4.69, 9.17) is 4.42 Å². The van der Waals surface area contributed by atoms with E-state index < -0.39 is 0 Å². The number of aryl methyl sites for hydroxylation is 3. The first-order chi connectivity index (χ1) is 13.0. The van der Waals surface area contributed by atoms with Crippen molar-refractivity contribution in [3.63, 3.8) is 0 Å². The Kier molecular flexibility index (Phi) is 5.86. The van der Waals surface area contributed by atoms with Gasteiger partial charge in [0.1, 0.15) is 6.26 Å². The molecule has 1 saturated heterocycles. The topological polar surface area (TPSA) is 85.0 Å². The summed E-state index contributed by atoms with van der Waals surface area (Å²) in [6.07, 6.45) is 5.45. The third kappa shape index (κ3) is 3.95. The van der Waals surface area contributed by atoms with Crippen LogP contribution in [0.25, 0.3) is 11.5 Å². The zero-order valence-corrected chi connectivity index (χ0v) is 16.9. The Morgan fingerprint density at radius 1 is 1.32 bits per heavy atom. The second-order valence-corrected chi connectivity index (χ2v) is 7.13. The van der Waals surface area contributed by atoms with Gasteiger partial charge in [0.2, 0.25) is 11.8 Å². The first kappa shape index (κ1) is 20.1. The van der Waals surface area contributed by atoms with Crippen molar-refractivity contribution in [2.75, 3.05) is 18.4 Å². The lowest BCUT2D eigenvalue weighted by molar-refractivity contribution is -0.119. The highest BCUT2D eigenvalue weighted by Gasteiger charge is 2.34. The van der Waals surface area contributed by atoms with Gasteiger partial charge in [-0.2, -0.15) is 5.10 Å². The Morgan fingerprint density at radius 3 is 2.82 bits per heavy atom. The van der Waals surface area contributed by atoms with Crippen LogP contribution < -0.4 is 10.6 Å². The maximum Gasteiger partial charge on any atom is 0.229 e. The molecule has 148 valence electrons. The fourth-order valence-electron chi connectivity index (χ4n) is 3.58. The highest BCUT2D eigenvalue weighted by molar-refractivity contribution is 5.94. The number of anilines is 1. The van der Waals surface area contributed by atoms with Crippen molar-refractivity contribution in [3.8, 4) is 11.5 Å². The number of aromatic nitrogens is 3. The molecule has 28 heavy (non-hydrogen) atoms. The SMILES string of the molecule is Cc1coc(-c2cc(NC(=O)[C@H]3CNC[C@@H]3c3cnn(C)c3)ccc2C)n1.Cl. The third-order valence-electron chi connectivity index (χ3n) is 5.06. The van der Waals surface area contributed by atoms with Crippen LogP contribution in [0.1, 0.15) is 22.7 Å². The number of carbonyl (C=O) groups excluding carboxylic acids is 1. The van der Waals surface area contributed by atoms with Crippen LogP contribution in [0, 0.1) is 19.8 Å². The summed E-state index contributed by atoms with van der Waals surface area (Å²) in [6.45, 7) is 5.32. The van der Waals surface area contributed by atoms with Crippen LogP contribution in [-0.4, -0.2) is 33.8 Å². The molecule has 7 nitrogen and oxygen atoms in total. The Balaban J connectivity index is 0.00000225. The molecule has 1 aromatic carbocycles. The highest BCUT2D eigenvalue weighted by Crippen LogP contribution is 2.30. The van der Waals surface area contributed by atoms with E-state index in [1.165, 1.54) is 0 Å². The van der Waals surface area contributed by atoms with Gasteiger partial charge in [0.05, 0.1) is 17.8 Å². The quantitative estimate of drug-likeness (QED) is 0.701. The summed E-state index contributed by atoms with van der Waals surface area (Å²) in [5.74, 6) is 0.560. The van der Waals surface area contributed by atoms with E-state index in [0.717, 1.165) is 34.6 Å². The average Bonchev–Trinajstić information content (AvgIpc) is 3.37. The number of hydrogen-bond acceptors (Lipinski definition) is 5. The highest BCUT2D eigenvalue weighted by atomic mass is 35.5. The molecular formula is C20H24ClN5O2. The third-order valence-corrected chi connectivity index (χ3v) is 5.06. The molecule has 0 unspecified atom stereocenters. The van der Waals surface area contributed by atoms with Crippen LogP contribution in [0.3, 0.4) is 0 Å². The van der Waals surface area contributed by atoms with E-state index in [1.54, 1.807) is 10.9 Å². The largest absolute Gasteiger partial charge is 0.444 e. The van der Waals surface area contributed by atoms with Gasteiger partial charge in [-0.3, -0.25) is 9.48 Å². The molecule has 0 saturated carbocycles. The molecule has 2 aromatic heterocycles. The van der Waals surface area contributed by atoms with E-state index in [2.05, 4.69) is 20.7 Å². The van der Waals surface area contributed by atoms with Crippen LogP contribution in [0.4, 0.5) is 5.69 Å². The van der Waals surface area contributed by atoms with Gasteiger partial charge in [0.25, 0.3) is 0 Å². The normalized spacial score (nSPS) is 18.7. The Hall–Kier alpha value is -2.64. The minimum Gasteiger partial charge on any atom is -0.444 e. The Bertz CT molecular complexity index is 981. The van der Waals surface area contributed by atoms with Gasteiger partial charge in [-0.05, 0) is 37.1 Å². The number of amides is 1. The molecule has 3 aromatic rings. The zero-order valence-electron chi connectivity index (χ0n) is 16.1. The van der Waals surface area contributed by atoms with E-state index in [-0.39, 0.29) is 30.2 Å². The van der Waals surface area contributed by atoms with Crippen molar-refractivity contribution in [2.45, 2.75) is 19.8 Å². The van der Waals surface area contributed by atoms with Gasteiger partial charge in [0, 0.05) is 43.5 Å². The molecule has 0 radical (unpaired) electrons. The first-order valence-electron chi connectivity index (χ1n) is 9.04. The monoisotopic (exact) mass is 401 g/mol. The molecule has 1 amide bonds. The maximum absolute atomic E-state index is 12.9. The molecule has 0 bridgehead atoms. The number of rotatable bonds is 4. The van der Waals surface area contributed by atoms with Gasteiger partial charge >= 0.3 is 0 Å². The fourth-order valence-corrected chi connectivity index (χ4v) is 3.58. The van der Waals surface area contributed by atoms with Gasteiger partial charge in [-0.15, -0.1) is 12.4 Å². The van der Waals surface area contributed by atoms with Crippen molar-refractivity contribution >= 4 is 24.0 Å². The number of halogens is 1. The van der Waals surface area contributed by atoms with Crippen LogP contribution in [0.15, 0.2) is 41.3 Å². The fraction of sp³-hybridized carbons (Fsp3) is 0.350. The summed E-state index contributed by atoms with van der Waals surface area (Å²) in [7, 11) is 1.89. The molecule has 2 atom stereocenters. The van der Waals surface area contributed by atoms with E-state index in [9.17, 15) is 4.79 Å². The number of benzene rings is 1. The molecular weight excluding hydrogens is 378 g/mol. The van der Waals surface area contributed by atoms with E-state index >= 15 is 0 Å². The molecule has 2 N–H and O–H groups in total. The summed E-state index contributed by atoms with van der Waals surface area (Å²) < 4.78 is 7.30. The van der Waals surface area contributed by atoms with Gasteiger partial charge < -0.3 is 15.1 Å². The summed E-state index contributed by atoms with van der Waals surface area (Å²) >= 11 is 0. The Labute approximate surface area is 169 Å². The van der Waals surface area contributed by atoms with Crippen molar-refractivity contribution < 1.29 is 9.21 Å². The minimum absolute atomic E-state index is 0. The lowest BCUT2D eigenvalue weighted by Crippen LogP contribution is -2.28. The van der Waals surface area contributed by atoms with Crippen LogP contribution in [0.2, 0.25) is 0 Å². The summed E-state index contributed by atoms with van der Waals surface area (Å²) in [6, 6.07) is 5.80. The van der Waals surface area contributed by atoms with Crippen LogP contribution in [0.5, 0.6) is 0 Å². The van der Waals surface area contributed by atoms with Gasteiger partial charge in [-0.1, -0.05) is 6.07 Å². The summed E-state index contributed by atoms with van der Waals surface area (Å²) in [4.78, 5) is 17.3. The van der Waals surface area contributed by atoms with E-state index in [0.29, 0.717) is 12.4 Å². The molecule has 4 rings (SSSR count). The van der Waals surface area contributed by atoms with Crippen molar-refractivity contribution in [2.24, 2.45) is 13.0 Å². The number of nitrogens with zero attached hydrogens (tertiary/aromatic N) is 3. The van der Waals surface area contributed by atoms with E-state index in [1.807, 2.05) is 51.5 Å². The predicted molar refractivity (Wildman–Crippen MR) is 110 cm³/mol. The standard InChI is InChI=1S/C20H23N5O2.ClH/c1-12-4-5-15(6-16(12)20-23-13(2)11-27-20)24-19(26)18-9-21-8-17(18)14-7-22-25(3)10-14;/h4-7,10-11,17-18,21H,8-9H2,1-3H3,(H,24,26);1H/t17-,18+;/m1./s1. The zero-order chi connectivity index (χ0) is 19.0. The number of oxazole rings is 1. The molecule has 0 spiro atoms. The lowest BCUT2D eigenvalue weighted by Gasteiger charge is -2.17. The molecule has 3 heterocycles. The maximum atomic E-state index is 12.9. The lowest BCUT2D eigenvalue weighted by atomic mass is 9.90. The van der Waals surface area contributed by atoms with Gasteiger partial charge in [-0.25, -0.2) is 4.98 Å². The molecule has 0 aliphatic carbocycles. The molecule has 8 heteroatoms. The molecule has 1 aliphatic heterocycles. The first-order valence-corrected chi connectivity index (χ1v) is 9.04. The van der Waals surface area contributed by atoms with Crippen molar-refractivity contribution in [1.82, 2.24) is 20.1 Å². The second kappa shape index (κ2) is 8.16. The number of carbonyl (C=O) groups is 1. The molecule has 1 fully saturated rings. The van der Waals surface area contributed by atoms with Crippen molar-refractivity contribution in [1.29, 1.82) is 0 Å². The smallest absolute Gasteiger partial charge is 0.229 e. The van der Waals surface area contributed by atoms with Crippen LogP contribution >= 0.6 is 12.4 Å². The van der Waals surface area contributed by atoms with Gasteiger partial charge in [0.15, 0.2) is 0 Å². The number of nitrogens with one attached hydrogen (secondary N) is 2. The van der Waals surface area contributed by atoms with Crippen LogP contribution in [-0.2, 0) is 11.8 Å². The number of hydrogen-bond donors (Lipinski definition) is 2. The minimum atomic E-state index is -0.136. The summed E-state index contributed by atoms with van der Waals surface area (Å²) in [5, 5.41) is 10.6. The average molecular weight is 402 g/mol. The predicted octanol–water partition coefficient (Wildman–Crippen LogP) is 3.06. The second-order valence-electron chi connectivity index (χ2n) is 7.13. The summed E-state index contributed by atoms with van der Waals surface area (Å²) in [5.41, 5.74) is 4.59. The molecule has 1 aliphatic rings. The van der Waals surface area contributed by atoms with Crippen molar-refractivity contribution in [3.05, 3.63) is 53.7 Å².